The molecule has 0 atom stereocenters. The third-order valence-corrected chi connectivity index (χ3v) is 3.59. The molecular formula is C16H17N3O2. The number of hydrogen-bond acceptors (Lipinski definition) is 3. The first kappa shape index (κ1) is 13.4. The second-order valence-corrected chi connectivity index (χ2v) is 4.87. The highest BCUT2D eigenvalue weighted by atomic mass is 16.5. The number of aryl methyl sites for hydroxylation is 2. The molecule has 2 heterocycles. The summed E-state index contributed by atoms with van der Waals surface area (Å²) in [5, 5.41) is 4.68. The van der Waals surface area contributed by atoms with Crippen LogP contribution in [0.2, 0.25) is 0 Å². The first-order chi connectivity index (χ1) is 10.1. The molecule has 3 rings (SSSR count). The van der Waals surface area contributed by atoms with Gasteiger partial charge in [-0.25, -0.2) is 4.68 Å². The van der Waals surface area contributed by atoms with E-state index < -0.39 is 0 Å². The molecule has 5 nitrogen and oxygen atoms in total. The van der Waals surface area contributed by atoms with Crippen LogP contribution in [0.1, 0.15) is 6.92 Å². The molecule has 0 aliphatic carbocycles. The molecule has 3 aromatic rings. The monoisotopic (exact) mass is 283 g/mol. The minimum atomic E-state index is -0.145. The van der Waals surface area contributed by atoms with Crippen LogP contribution >= 0.6 is 0 Å². The van der Waals surface area contributed by atoms with Crippen molar-refractivity contribution in [2.24, 2.45) is 14.1 Å². The van der Waals surface area contributed by atoms with E-state index in [1.54, 1.807) is 13.2 Å². The summed E-state index contributed by atoms with van der Waals surface area (Å²) in [4.78, 5) is 12.4. The van der Waals surface area contributed by atoms with Crippen LogP contribution < -0.4 is 10.3 Å². The van der Waals surface area contributed by atoms with Crippen LogP contribution in [0.25, 0.3) is 22.2 Å². The first-order valence-electron chi connectivity index (χ1n) is 6.88. The van der Waals surface area contributed by atoms with Gasteiger partial charge >= 0.3 is 0 Å². The lowest BCUT2D eigenvalue weighted by molar-refractivity contribution is 0.344. The highest BCUT2D eigenvalue weighted by Gasteiger charge is 2.21. The molecule has 0 amide bonds. The van der Waals surface area contributed by atoms with Gasteiger partial charge in [0.1, 0.15) is 5.39 Å². The van der Waals surface area contributed by atoms with Crippen molar-refractivity contribution in [2.75, 3.05) is 6.61 Å². The van der Waals surface area contributed by atoms with Crippen molar-refractivity contribution in [3.63, 3.8) is 0 Å². The van der Waals surface area contributed by atoms with Crippen molar-refractivity contribution < 1.29 is 4.74 Å². The van der Waals surface area contributed by atoms with Gasteiger partial charge in [0.25, 0.3) is 5.56 Å². The summed E-state index contributed by atoms with van der Waals surface area (Å²) in [6.45, 7) is 2.42. The van der Waals surface area contributed by atoms with E-state index in [0.717, 1.165) is 16.8 Å². The number of hydrogen-bond donors (Lipinski definition) is 0. The van der Waals surface area contributed by atoms with Crippen molar-refractivity contribution in [3.8, 4) is 17.0 Å². The zero-order chi connectivity index (χ0) is 15.0. The Hall–Kier alpha value is -2.56. The van der Waals surface area contributed by atoms with Gasteiger partial charge in [-0.15, -0.1) is 0 Å². The van der Waals surface area contributed by atoms with Gasteiger partial charge in [0.2, 0.25) is 0 Å². The Morgan fingerprint density at radius 1 is 1.19 bits per heavy atom. The summed E-state index contributed by atoms with van der Waals surface area (Å²) in [5.41, 5.74) is 2.55. The van der Waals surface area contributed by atoms with Gasteiger partial charge in [0.05, 0.1) is 24.0 Å². The molecule has 2 aromatic heterocycles. The number of rotatable bonds is 3. The van der Waals surface area contributed by atoms with Crippen molar-refractivity contribution in [2.45, 2.75) is 6.92 Å². The van der Waals surface area contributed by atoms with E-state index in [-0.39, 0.29) is 5.56 Å². The van der Waals surface area contributed by atoms with Gasteiger partial charge in [0.15, 0.2) is 5.75 Å². The lowest BCUT2D eigenvalue weighted by atomic mass is 10.1. The summed E-state index contributed by atoms with van der Waals surface area (Å²) in [6.07, 6.45) is 1.70. The van der Waals surface area contributed by atoms with Crippen molar-refractivity contribution >= 4 is 10.9 Å². The molecule has 5 heteroatoms. The molecule has 0 unspecified atom stereocenters. The SMILES string of the molecule is CCOc1c(-c2ccccc2)n(C)c2cnn(C)c(=O)c12. The fraction of sp³-hybridized carbons (Fsp3) is 0.250. The van der Waals surface area contributed by atoms with Gasteiger partial charge in [-0.3, -0.25) is 4.79 Å². The number of fused-ring (bicyclic) bond motifs is 1. The maximum Gasteiger partial charge on any atom is 0.279 e. The fourth-order valence-electron chi connectivity index (χ4n) is 2.59. The first-order valence-corrected chi connectivity index (χ1v) is 6.88. The summed E-state index contributed by atoms with van der Waals surface area (Å²) < 4.78 is 9.09. The maximum absolute atomic E-state index is 12.4. The Morgan fingerprint density at radius 3 is 2.57 bits per heavy atom. The second-order valence-electron chi connectivity index (χ2n) is 4.87. The van der Waals surface area contributed by atoms with Crippen LogP contribution in [0.3, 0.4) is 0 Å². The Labute approximate surface area is 122 Å². The quantitative estimate of drug-likeness (QED) is 0.741. The summed E-state index contributed by atoms with van der Waals surface area (Å²) >= 11 is 0. The molecule has 0 saturated heterocycles. The fourth-order valence-corrected chi connectivity index (χ4v) is 2.59. The van der Waals surface area contributed by atoms with Gasteiger partial charge < -0.3 is 9.30 Å². The number of benzene rings is 1. The van der Waals surface area contributed by atoms with E-state index in [4.69, 9.17) is 4.74 Å². The topological polar surface area (TPSA) is 49.0 Å². The molecule has 108 valence electrons. The largest absolute Gasteiger partial charge is 0.491 e. The van der Waals surface area contributed by atoms with Crippen LogP contribution in [0.4, 0.5) is 0 Å². The van der Waals surface area contributed by atoms with E-state index in [1.165, 1.54) is 4.68 Å². The predicted molar refractivity (Wildman–Crippen MR) is 82.6 cm³/mol. The van der Waals surface area contributed by atoms with Crippen molar-refractivity contribution in [3.05, 3.63) is 46.9 Å². The minimum absolute atomic E-state index is 0.145. The molecule has 0 N–H and O–H groups in total. The molecular weight excluding hydrogens is 266 g/mol. The standard InChI is InChI=1S/C16H17N3O2/c1-4-21-15-13-12(10-17-19(3)16(13)20)18(2)14(15)11-8-6-5-7-9-11/h5-10H,4H2,1-3H3. The van der Waals surface area contributed by atoms with Crippen LogP contribution in [0.15, 0.2) is 41.3 Å². The summed E-state index contributed by atoms with van der Waals surface area (Å²) in [5.74, 6) is 0.629. The maximum atomic E-state index is 12.4. The van der Waals surface area contributed by atoms with E-state index in [0.29, 0.717) is 17.7 Å². The highest BCUT2D eigenvalue weighted by Crippen LogP contribution is 2.37. The van der Waals surface area contributed by atoms with Crippen LogP contribution in [-0.2, 0) is 14.1 Å². The van der Waals surface area contributed by atoms with Crippen molar-refractivity contribution in [1.82, 2.24) is 14.3 Å². The lowest BCUT2D eigenvalue weighted by Gasteiger charge is -2.08. The average molecular weight is 283 g/mol. The molecule has 0 radical (unpaired) electrons. The molecule has 21 heavy (non-hydrogen) atoms. The third kappa shape index (κ3) is 2.01. The second kappa shape index (κ2) is 5.09. The van der Waals surface area contributed by atoms with E-state index >= 15 is 0 Å². The Morgan fingerprint density at radius 2 is 1.90 bits per heavy atom. The van der Waals surface area contributed by atoms with Gasteiger partial charge in [-0.1, -0.05) is 30.3 Å². The minimum Gasteiger partial charge on any atom is -0.491 e. The van der Waals surface area contributed by atoms with Gasteiger partial charge in [0, 0.05) is 19.7 Å². The lowest BCUT2D eigenvalue weighted by Crippen LogP contribution is -2.19. The third-order valence-electron chi connectivity index (χ3n) is 3.59. The average Bonchev–Trinajstić information content (AvgIpc) is 2.77. The predicted octanol–water partition coefficient (Wildman–Crippen LogP) is 2.34. The van der Waals surface area contributed by atoms with Crippen LogP contribution in [-0.4, -0.2) is 21.0 Å². The number of nitrogens with zero attached hydrogens (tertiary/aromatic N) is 3. The van der Waals surface area contributed by atoms with E-state index in [2.05, 4.69) is 5.10 Å². The summed E-state index contributed by atoms with van der Waals surface area (Å²) in [7, 11) is 3.57. The normalized spacial score (nSPS) is 11.0. The Bertz CT molecular complexity index is 847. The molecule has 0 saturated carbocycles. The van der Waals surface area contributed by atoms with E-state index in [9.17, 15) is 4.79 Å². The Kier molecular flexibility index (Phi) is 3.25. The molecule has 0 aliphatic rings. The highest BCUT2D eigenvalue weighted by molar-refractivity contribution is 5.94. The Balaban J connectivity index is 2.44. The molecule has 0 fully saturated rings. The zero-order valence-corrected chi connectivity index (χ0v) is 12.3. The van der Waals surface area contributed by atoms with E-state index in [1.807, 2.05) is 48.9 Å². The number of aromatic nitrogens is 3. The molecule has 0 aliphatic heterocycles. The van der Waals surface area contributed by atoms with Crippen molar-refractivity contribution in [1.29, 1.82) is 0 Å². The molecule has 1 aromatic carbocycles. The summed E-state index contributed by atoms with van der Waals surface area (Å²) in [6, 6.07) is 9.93. The molecule has 0 spiro atoms. The zero-order valence-electron chi connectivity index (χ0n) is 12.3. The van der Waals surface area contributed by atoms with Gasteiger partial charge in [-0.05, 0) is 6.92 Å². The molecule has 0 bridgehead atoms. The van der Waals surface area contributed by atoms with Crippen LogP contribution in [0.5, 0.6) is 5.75 Å². The van der Waals surface area contributed by atoms with Crippen LogP contribution in [0, 0.1) is 0 Å². The number of ether oxygens (including phenoxy) is 1. The van der Waals surface area contributed by atoms with Gasteiger partial charge in [-0.2, -0.15) is 5.10 Å². The smallest absolute Gasteiger partial charge is 0.279 e.